The van der Waals surface area contributed by atoms with Crippen LogP contribution in [-0.2, 0) is 12.0 Å². The van der Waals surface area contributed by atoms with Gasteiger partial charge in [0, 0.05) is 12.6 Å². The Labute approximate surface area is 177 Å². The monoisotopic (exact) mass is 395 g/mol. The highest BCUT2D eigenvalue weighted by molar-refractivity contribution is 5.86. The summed E-state index contributed by atoms with van der Waals surface area (Å²) in [6.45, 7) is 14.7. The van der Waals surface area contributed by atoms with Crippen LogP contribution in [0.15, 0.2) is 54.6 Å². The molecule has 0 heterocycles. The van der Waals surface area contributed by atoms with E-state index in [1.807, 2.05) is 0 Å². The maximum absolute atomic E-state index is 2.47. The van der Waals surface area contributed by atoms with Gasteiger partial charge in [0.1, 0.15) is 0 Å². The van der Waals surface area contributed by atoms with Gasteiger partial charge >= 0.3 is 0 Å². The Morgan fingerprint density at radius 3 is 2.07 bits per heavy atom. The highest BCUT2D eigenvalue weighted by Gasteiger charge is 2.19. The Balaban J connectivity index is 0.00000280. The Morgan fingerprint density at radius 1 is 0.893 bits per heavy atom. The molecule has 150 valence electrons. The number of aryl methyl sites for hydroxylation is 2. The summed E-state index contributed by atoms with van der Waals surface area (Å²) in [6, 6.07) is 20.4. The molecule has 28 heavy (non-hydrogen) atoms. The largest absolute Gasteiger partial charge is 0.295 e. The van der Waals surface area contributed by atoms with Crippen LogP contribution < -0.4 is 0 Å². The molecule has 2 heteroatoms. The van der Waals surface area contributed by atoms with E-state index in [-0.39, 0.29) is 17.8 Å². The molecule has 0 aliphatic heterocycles. The quantitative estimate of drug-likeness (QED) is 0.445. The van der Waals surface area contributed by atoms with Crippen molar-refractivity contribution in [1.82, 2.24) is 4.90 Å². The molecule has 3 rings (SSSR count). The third-order valence-electron chi connectivity index (χ3n) is 5.90. The summed E-state index contributed by atoms with van der Waals surface area (Å²) >= 11 is 0. The maximum atomic E-state index is 2.47. The van der Waals surface area contributed by atoms with E-state index < -0.39 is 0 Å². The number of hydrogen-bond acceptors (Lipinski definition) is 1. The molecule has 0 fully saturated rings. The van der Waals surface area contributed by atoms with E-state index in [2.05, 4.69) is 108 Å². The summed E-state index contributed by atoms with van der Waals surface area (Å²) in [4.78, 5) is 2.47. The lowest BCUT2D eigenvalue weighted by Crippen LogP contribution is -2.23. The van der Waals surface area contributed by atoms with Gasteiger partial charge in [0.05, 0.1) is 0 Å². The van der Waals surface area contributed by atoms with E-state index in [1.54, 1.807) is 0 Å². The molecule has 0 bridgehead atoms. The second-order valence-corrected chi connectivity index (χ2v) is 9.00. The fourth-order valence-corrected chi connectivity index (χ4v) is 3.91. The smallest absolute Gasteiger partial charge is 0.0326 e. The summed E-state index contributed by atoms with van der Waals surface area (Å²) in [5.74, 6) is 0. The van der Waals surface area contributed by atoms with Crippen LogP contribution in [0.4, 0.5) is 0 Å². The highest BCUT2D eigenvalue weighted by Crippen LogP contribution is 2.31. The molecule has 0 saturated carbocycles. The molecule has 1 nitrogen and oxygen atoms in total. The number of nitrogens with zero attached hydrogens (tertiary/aromatic N) is 1. The first-order chi connectivity index (χ1) is 12.7. The van der Waals surface area contributed by atoms with Crippen molar-refractivity contribution in [2.75, 3.05) is 7.05 Å². The van der Waals surface area contributed by atoms with Crippen LogP contribution in [0.5, 0.6) is 0 Å². The highest BCUT2D eigenvalue weighted by atomic mass is 35.5. The molecule has 0 aliphatic rings. The van der Waals surface area contributed by atoms with Crippen LogP contribution in [-0.4, -0.2) is 11.9 Å². The lowest BCUT2D eigenvalue weighted by atomic mass is 9.83. The molecule has 0 amide bonds. The van der Waals surface area contributed by atoms with Gasteiger partial charge in [-0.15, -0.1) is 12.4 Å². The molecule has 3 aromatic carbocycles. The first-order valence-corrected chi connectivity index (χ1v) is 9.97. The number of rotatable bonds is 4. The van der Waals surface area contributed by atoms with E-state index in [4.69, 9.17) is 0 Å². The average molecular weight is 396 g/mol. The molecular formula is C26H34ClN. The van der Waals surface area contributed by atoms with Crippen molar-refractivity contribution in [2.24, 2.45) is 0 Å². The Bertz CT molecular complexity index is 924. The van der Waals surface area contributed by atoms with E-state index in [0.29, 0.717) is 6.04 Å². The zero-order valence-corrected chi connectivity index (χ0v) is 19.2. The number of fused-ring (bicyclic) bond motifs is 1. The van der Waals surface area contributed by atoms with Crippen LogP contribution in [0.3, 0.4) is 0 Å². The Hall–Kier alpha value is -1.83. The van der Waals surface area contributed by atoms with Gasteiger partial charge in [0.2, 0.25) is 0 Å². The van der Waals surface area contributed by atoms with Crippen molar-refractivity contribution in [1.29, 1.82) is 0 Å². The minimum atomic E-state index is 0. The second-order valence-electron chi connectivity index (χ2n) is 9.00. The average Bonchev–Trinajstić information content (AvgIpc) is 2.62. The fourth-order valence-electron chi connectivity index (χ4n) is 3.91. The molecule has 1 atom stereocenters. The maximum Gasteiger partial charge on any atom is 0.0326 e. The van der Waals surface area contributed by atoms with Gasteiger partial charge in [0.25, 0.3) is 0 Å². The van der Waals surface area contributed by atoms with E-state index in [0.717, 1.165) is 6.54 Å². The van der Waals surface area contributed by atoms with E-state index in [9.17, 15) is 0 Å². The third kappa shape index (κ3) is 4.59. The lowest BCUT2D eigenvalue weighted by molar-refractivity contribution is 0.253. The van der Waals surface area contributed by atoms with Crippen LogP contribution >= 0.6 is 12.4 Å². The predicted octanol–water partition coefficient (Wildman–Crippen LogP) is 7.37. The van der Waals surface area contributed by atoms with Gasteiger partial charge in [-0.3, -0.25) is 4.90 Å². The third-order valence-corrected chi connectivity index (χ3v) is 5.90. The molecule has 3 aromatic rings. The molecule has 0 aliphatic carbocycles. The first kappa shape index (κ1) is 22.5. The number of benzene rings is 3. The molecule has 0 N–H and O–H groups in total. The Kier molecular flexibility index (Phi) is 6.96. The summed E-state index contributed by atoms with van der Waals surface area (Å²) in [5.41, 5.74) is 7.27. The molecule has 0 aromatic heterocycles. The minimum Gasteiger partial charge on any atom is -0.295 e. The van der Waals surface area contributed by atoms with Crippen molar-refractivity contribution in [3.8, 4) is 0 Å². The van der Waals surface area contributed by atoms with Gasteiger partial charge in [-0.1, -0.05) is 75.4 Å². The van der Waals surface area contributed by atoms with Crippen LogP contribution in [0, 0.1) is 13.8 Å². The van der Waals surface area contributed by atoms with Crippen molar-refractivity contribution >= 4 is 23.2 Å². The van der Waals surface area contributed by atoms with Gasteiger partial charge in [-0.25, -0.2) is 0 Å². The van der Waals surface area contributed by atoms with Crippen molar-refractivity contribution in [3.05, 3.63) is 82.4 Å². The van der Waals surface area contributed by atoms with Gasteiger partial charge in [-0.05, 0) is 71.8 Å². The number of halogens is 1. The standard InChI is InChI=1S/C26H33N.ClH/c1-18-15-22(26(4,5)6)16-19(2)25(18)17-27(7)20(3)23-14-10-12-21-11-8-9-13-24(21)23;/h8-16,20H,17H2,1-7H3;1H/t20-;/m1./s1. The van der Waals surface area contributed by atoms with Crippen molar-refractivity contribution in [2.45, 2.75) is 59.5 Å². The molecule has 0 unspecified atom stereocenters. The van der Waals surface area contributed by atoms with Gasteiger partial charge < -0.3 is 0 Å². The first-order valence-electron chi connectivity index (χ1n) is 9.97. The van der Waals surface area contributed by atoms with Crippen LogP contribution in [0.1, 0.15) is 61.6 Å². The molecular weight excluding hydrogens is 362 g/mol. The normalized spacial score (nSPS) is 12.9. The van der Waals surface area contributed by atoms with Crippen LogP contribution in [0.2, 0.25) is 0 Å². The SMILES string of the molecule is Cc1cc(C(C)(C)C)cc(C)c1CN(C)[C@H](C)c1cccc2ccccc12.Cl. The zero-order chi connectivity index (χ0) is 19.8. The molecule has 0 spiro atoms. The predicted molar refractivity (Wildman–Crippen MR) is 126 cm³/mol. The van der Waals surface area contributed by atoms with Crippen molar-refractivity contribution < 1.29 is 0 Å². The zero-order valence-electron chi connectivity index (χ0n) is 18.3. The second kappa shape index (κ2) is 8.68. The van der Waals surface area contributed by atoms with Crippen molar-refractivity contribution in [3.63, 3.8) is 0 Å². The van der Waals surface area contributed by atoms with Crippen LogP contribution in [0.25, 0.3) is 10.8 Å². The van der Waals surface area contributed by atoms with Gasteiger partial charge in [-0.2, -0.15) is 0 Å². The minimum absolute atomic E-state index is 0. The fraction of sp³-hybridized carbons (Fsp3) is 0.385. The summed E-state index contributed by atoms with van der Waals surface area (Å²) in [5, 5.41) is 2.67. The lowest BCUT2D eigenvalue weighted by Gasteiger charge is -2.29. The molecule has 0 saturated heterocycles. The number of hydrogen-bond donors (Lipinski definition) is 0. The van der Waals surface area contributed by atoms with E-state index in [1.165, 1.54) is 38.6 Å². The summed E-state index contributed by atoms with van der Waals surface area (Å²) < 4.78 is 0. The summed E-state index contributed by atoms with van der Waals surface area (Å²) in [7, 11) is 2.24. The van der Waals surface area contributed by atoms with Gasteiger partial charge in [0.15, 0.2) is 0 Å². The topological polar surface area (TPSA) is 3.24 Å². The molecule has 0 radical (unpaired) electrons. The Morgan fingerprint density at radius 2 is 1.46 bits per heavy atom. The van der Waals surface area contributed by atoms with E-state index >= 15 is 0 Å². The summed E-state index contributed by atoms with van der Waals surface area (Å²) in [6.07, 6.45) is 0.